The first-order chi connectivity index (χ1) is 8.56. The van der Waals surface area contributed by atoms with Crippen molar-refractivity contribution in [1.29, 1.82) is 0 Å². The number of amides is 1. The number of rotatable bonds is 1. The molecule has 0 radical (unpaired) electrons. The minimum Gasteiger partial charge on any atom is -0.389 e. The van der Waals surface area contributed by atoms with Crippen LogP contribution >= 0.6 is 0 Å². The Morgan fingerprint density at radius 2 is 2.22 bits per heavy atom. The molecule has 0 saturated carbocycles. The molecular weight excluding hydrogens is 232 g/mol. The van der Waals surface area contributed by atoms with Crippen LogP contribution in [0.4, 0.5) is 0 Å². The number of hydrogen-bond donors (Lipinski definition) is 1. The summed E-state index contributed by atoms with van der Waals surface area (Å²) in [5.41, 5.74) is 2.18. The third-order valence-electron chi connectivity index (χ3n) is 3.26. The predicted molar refractivity (Wildman–Crippen MR) is 65.2 cm³/mol. The van der Waals surface area contributed by atoms with E-state index in [0.29, 0.717) is 18.7 Å². The summed E-state index contributed by atoms with van der Waals surface area (Å²) < 4.78 is 1.70. The summed E-state index contributed by atoms with van der Waals surface area (Å²) in [6.07, 6.45) is 1.18. The predicted octanol–water partition coefficient (Wildman–Crippen LogP) is 0.0934. The molecule has 2 aromatic heterocycles. The Morgan fingerprint density at radius 3 is 2.89 bits per heavy atom. The molecule has 0 bridgehead atoms. The second kappa shape index (κ2) is 3.78. The molecule has 3 heterocycles. The van der Waals surface area contributed by atoms with Gasteiger partial charge in [-0.1, -0.05) is 0 Å². The monoisotopic (exact) mass is 246 g/mol. The van der Waals surface area contributed by atoms with Gasteiger partial charge in [-0.15, -0.1) is 0 Å². The Labute approximate surface area is 104 Å². The molecule has 2 aromatic rings. The first kappa shape index (κ1) is 11.2. The highest BCUT2D eigenvalue weighted by Gasteiger charge is 2.29. The molecule has 1 fully saturated rings. The fourth-order valence-electron chi connectivity index (χ4n) is 2.23. The lowest BCUT2D eigenvalue weighted by molar-refractivity contribution is 0.00588. The number of aryl methyl sites for hydroxylation is 2. The van der Waals surface area contributed by atoms with Gasteiger partial charge in [-0.05, 0) is 13.0 Å². The van der Waals surface area contributed by atoms with E-state index in [4.69, 9.17) is 0 Å². The minimum atomic E-state index is -0.384. The molecule has 0 spiro atoms. The van der Waals surface area contributed by atoms with Crippen molar-refractivity contribution >= 4 is 16.9 Å². The Morgan fingerprint density at radius 1 is 1.50 bits per heavy atom. The lowest BCUT2D eigenvalue weighted by Crippen LogP contribution is -2.53. The standard InChI is InChI=1S/C12H14N4O2/c1-7-10-3-8(4-13-11(10)15(2)14-7)12(18)16-5-9(17)6-16/h3-4,9,17H,5-6H2,1-2H3. The topological polar surface area (TPSA) is 71.2 Å². The number of β-amino-alcohol motifs (C(OH)–C–C–N with tert-alkyl or cyclic N) is 1. The van der Waals surface area contributed by atoms with Crippen LogP contribution in [-0.4, -0.2) is 49.9 Å². The molecule has 1 amide bonds. The Kier molecular flexibility index (Phi) is 2.34. The van der Waals surface area contributed by atoms with Crippen molar-refractivity contribution in [2.45, 2.75) is 13.0 Å². The van der Waals surface area contributed by atoms with Gasteiger partial charge in [-0.2, -0.15) is 5.10 Å². The van der Waals surface area contributed by atoms with Crippen LogP contribution in [0.5, 0.6) is 0 Å². The molecule has 18 heavy (non-hydrogen) atoms. The van der Waals surface area contributed by atoms with Gasteiger partial charge in [-0.3, -0.25) is 9.48 Å². The smallest absolute Gasteiger partial charge is 0.255 e. The number of nitrogens with zero attached hydrogens (tertiary/aromatic N) is 4. The zero-order valence-electron chi connectivity index (χ0n) is 10.3. The van der Waals surface area contributed by atoms with Gasteiger partial charge in [0.25, 0.3) is 5.91 Å². The largest absolute Gasteiger partial charge is 0.389 e. The number of likely N-dealkylation sites (tertiary alicyclic amines) is 1. The molecule has 94 valence electrons. The lowest BCUT2D eigenvalue weighted by atomic mass is 10.1. The quantitative estimate of drug-likeness (QED) is 0.774. The lowest BCUT2D eigenvalue weighted by Gasteiger charge is -2.35. The number of aromatic nitrogens is 3. The van der Waals surface area contributed by atoms with Gasteiger partial charge in [0.15, 0.2) is 5.65 Å². The average Bonchev–Trinajstić information content (AvgIpc) is 2.60. The Hall–Kier alpha value is -1.95. The molecule has 6 nitrogen and oxygen atoms in total. The zero-order chi connectivity index (χ0) is 12.9. The highest BCUT2D eigenvalue weighted by atomic mass is 16.3. The molecule has 0 aliphatic carbocycles. The van der Waals surface area contributed by atoms with Crippen molar-refractivity contribution in [2.75, 3.05) is 13.1 Å². The third kappa shape index (κ3) is 1.57. The van der Waals surface area contributed by atoms with E-state index in [9.17, 15) is 9.90 Å². The van der Waals surface area contributed by atoms with E-state index in [2.05, 4.69) is 10.1 Å². The molecule has 3 rings (SSSR count). The third-order valence-corrected chi connectivity index (χ3v) is 3.26. The van der Waals surface area contributed by atoms with E-state index in [0.717, 1.165) is 16.7 Å². The fourth-order valence-corrected chi connectivity index (χ4v) is 2.23. The van der Waals surface area contributed by atoms with E-state index < -0.39 is 0 Å². The van der Waals surface area contributed by atoms with E-state index in [-0.39, 0.29) is 12.0 Å². The van der Waals surface area contributed by atoms with Gasteiger partial charge in [0.05, 0.1) is 17.4 Å². The SMILES string of the molecule is Cc1nn(C)c2ncc(C(=O)N3CC(O)C3)cc12. The molecular formula is C12H14N4O2. The molecule has 6 heteroatoms. The van der Waals surface area contributed by atoms with Gasteiger partial charge in [-0.25, -0.2) is 4.98 Å². The van der Waals surface area contributed by atoms with E-state index in [1.54, 1.807) is 15.8 Å². The second-order valence-electron chi connectivity index (χ2n) is 4.67. The molecule has 1 aliphatic heterocycles. The summed E-state index contributed by atoms with van der Waals surface area (Å²) >= 11 is 0. The van der Waals surface area contributed by atoms with Crippen LogP contribution in [0.1, 0.15) is 16.1 Å². The maximum Gasteiger partial charge on any atom is 0.255 e. The Bertz CT molecular complexity index is 628. The van der Waals surface area contributed by atoms with Crippen molar-refractivity contribution < 1.29 is 9.90 Å². The highest BCUT2D eigenvalue weighted by Crippen LogP contribution is 2.19. The van der Waals surface area contributed by atoms with Gasteiger partial charge in [0.1, 0.15) is 0 Å². The number of aliphatic hydroxyl groups is 1. The van der Waals surface area contributed by atoms with Crippen molar-refractivity contribution in [3.8, 4) is 0 Å². The van der Waals surface area contributed by atoms with Gasteiger partial charge >= 0.3 is 0 Å². The summed E-state index contributed by atoms with van der Waals surface area (Å²) in [6.45, 7) is 2.71. The summed E-state index contributed by atoms with van der Waals surface area (Å²) in [6, 6.07) is 1.82. The van der Waals surface area contributed by atoms with Crippen LogP contribution in [0.25, 0.3) is 11.0 Å². The van der Waals surface area contributed by atoms with Gasteiger partial charge in [0.2, 0.25) is 0 Å². The number of carbonyl (C=O) groups is 1. The number of pyridine rings is 1. The molecule has 0 aromatic carbocycles. The van der Waals surface area contributed by atoms with Crippen molar-refractivity contribution in [1.82, 2.24) is 19.7 Å². The van der Waals surface area contributed by atoms with E-state index >= 15 is 0 Å². The minimum absolute atomic E-state index is 0.0852. The van der Waals surface area contributed by atoms with Crippen molar-refractivity contribution in [3.05, 3.63) is 23.5 Å². The summed E-state index contributed by atoms with van der Waals surface area (Å²) in [5.74, 6) is -0.0852. The van der Waals surface area contributed by atoms with Crippen molar-refractivity contribution in [2.24, 2.45) is 7.05 Å². The van der Waals surface area contributed by atoms with Crippen LogP contribution in [0.15, 0.2) is 12.3 Å². The molecule has 1 aliphatic rings. The number of fused-ring (bicyclic) bond motifs is 1. The second-order valence-corrected chi connectivity index (χ2v) is 4.67. The maximum absolute atomic E-state index is 12.1. The number of carbonyl (C=O) groups excluding carboxylic acids is 1. The maximum atomic E-state index is 12.1. The summed E-state index contributed by atoms with van der Waals surface area (Å²) in [5, 5.41) is 14.4. The molecule has 0 unspecified atom stereocenters. The summed E-state index contributed by atoms with van der Waals surface area (Å²) in [7, 11) is 1.83. The van der Waals surface area contributed by atoms with Crippen molar-refractivity contribution in [3.63, 3.8) is 0 Å². The van der Waals surface area contributed by atoms with Crippen LogP contribution in [0, 0.1) is 6.92 Å². The number of aliphatic hydroxyl groups excluding tert-OH is 1. The van der Waals surface area contributed by atoms with E-state index in [1.165, 1.54) is 0 Å². The molecule has 1 saturated heterocycles. The summed E-state index contributed by atoms with van der Waals surface area (Å²) in [4.78, 5) is 18.0. The van der Waals surface area contributed by atoms with Crippen LogP contribution < -0.4 is 0 Å². The first-order valence-electron chi connectivity index (χ1n) is 5.83. The van der Waals surface area contributed by atoms with Gasteiger partial charge < -0.3 is 10.0 Å². The highest BCUT2D eigenvalue weighted by molar-refractivity contribution is 5.97. The fraction of sp³-hybridized carbons (Fsp3) is 0.417. The first-order valence-corrected chi connectivity index (χ1v) is 5.83. The van der Waals surface area contributed by atoms with Gasteiger partial charge in [0, 0.05) is 31.7 Å². The number of hydrogen-bond acceptors (Lipinski definition) is 4. The zero-order valence-corrected chi connectivity index (χ0v) is 10.3. The molecule has 1 N–H and O–H groups in total. The Balaban J connectivity index is 1.98. The van der Waals surface area contributed by atoms with Crippen LogP contribution in [0.3, 0.4) is 0 Å². The van der Waals surface area contributed by atoms with Crippen LogP contribution in [0.2, 0.25) is 0 Å². The molecule has 0 atom stereocenters. The van der Waals surface area contributed by atoms with Crippen LogP contribution in [-0.2, 0) is 7.05 Å². The average molecular weight is 246 g/mol. The van der Waals surface area contributed by atoms with E-state index in [1.807, 2.05) is 20.0 Å². The normalized spacial score (nSPS) is 16.1.